The number of allylic oxidation sites excluding steroid dienone is 1. The van der Waals surface area contributed by atoms with Gasteiger partial charge in [0.05, 0.1) is 41.7 Å². The summed E-state index contributed by atoms with van der Waals surface area (Å²) in [7, 11) is 1.56. The first kappa shape index (κ1) is 26.5. The minimum atomic E-state index is -0.742. The second kappa shape index (κ2) is 10.6. The van der Waals surface area contributed by atoms with Gasteiger partial charge in [0.1, 0.15) is 0 Å². The maximum Gasteiger partial charge on any atom is 0.338 e. The zero-order chi connectivity index (χ0) is 27.8. The van der Waals surface area contributed by atoms with Crippen LogP contribution in [0.4, 0.5) is 0 Å². The third kappa shape index (κ3) is 4.78. The molecule has 1 unspecified atom stereocenters. The number of carbonyl (C=O) groups excluding carboxylic acids is 1. The van der Waals surface area contributed by atoms with Gasteiger partial charge in [-0.3, -0.25) is 9.36 Å². The average molecular weight is 546 g/mol. The molecule has 0 amide bonds. The first-order valence-corrected chi connectivity index (χ1v) is 13.7. The third-order valence-corrected chi connectivity index (χ3v) is 7.58. The molecule has 4 aromatic rings. The number of nitrogens with zero attached hydrogens (tertiary/aromatic N) is 2. The summed E-state index contributed by atoms with van der Waals surface area (Å²) >= 11 is 1.30. The Labute approximate surface area is 229 Å². The van der Waals surface area contributed by atoms with E-state index in [0.717, 1.165) is 22.2 Å². The van der Waals surface area contributed by atoms with Crippen LogP contribution in [0.15, 0.2) is 63.5 Å². The van der Waals surface area contributed by atoms with Crippen molar-refractivity contribution in [3.63, 3.8) is 0 Å². The van der Waals surface area contributed by atoms with Crippen LogP contribution in [-0.2, 0) is 9.53 Å². The Kier molecular flexibility index (Phi) is 7.18. The van der Waals surface area contributed by atoms with Crippen molar-refractivity contribution < 1.29 is 19.0 Å². The molecule has 0 spiro atoms. The SMILES string of the molecule is CCOC(=O)C1=C(C)N=c2sc(=Cc3c(C)[nH]c4ccccc34)c(=O)n2C1c1ccc(OC(C)C)c(OC)c1. The van der Waals surface area contributed by atoms with Gasteiger partial charge in [-0.15, -0.1) is 0 Å². The summed E-state index contributed by atoms with van der Waals surface area (Å²) in [5.74, 6) is 0.583. The molecule has 1 atom stereocenters. The number of hydrogen-bond acceptors (Lipinski definition) is 7. The minimum absolute atomic E-state index is 0.0485. The van der Waals surface area contributed by atoms with E-state index in [2.05, 4.69) is 9.98 Å². The average Bonchev–Trinajstić information content (AvgIpc) is 3.38. The molecule has 0 bridgehead atoms. The van der Waals surface area contributed by atoms with Gasteiger partial charge >= 0.3 is 5.97 Å². The number of hydrogen-bond donors (Lipinski definition) is 1. The van der Waals surface area contributed by atoms with Gasteiger partial charge in [-0.1, -0.05) is 35.6 Å². The van der Waals surface area contributed by atoms with Gasteiger partial charge in [-0.05, 0) is 64.5 Å². The molecule has 0 radical (unpaired) electrons. The van der Waals surface area contributed by atoms with Crippen molar-refractivity contribution in [1.29, 1.82) is 0 Å². The van der Waals surface area contributed by atoms with Crippen LogP contribution < -0.4 is 24.4 Å². The molecular weight excluding hydrogens is 514 g/mol. The number of aromatic amines is 1. The van der Waals surface area contributed by atoms with Crippen LogP contribution in [0.2, 0.25) is 0 Å². The second-order valence-electron chi connectivity index (χ2n) is 9.59. The molecule has 0 saturated carbocycles. The number of carbonyl (C=O) groups is 1. The van der Waals surface area contributed by atoms with Crippen LogP contribution >= 0.6 is 11.3 Å². The van der Waals surface area contributed by atoms with Crippen molar-refractivity contribution in [2.24, 2.45) is 4.99 Å². The molecule has 3 heterocycles. The van der Waals surface area contributed by atoms with Crippen LogP contribution in [0.25, 0.3) is 17.0 Å². The lowest BCUT2D eigenvalue weighted by Crippen LogP contribution is -2.40. The Hall–Kier alpha value is -4.11. The van der Waals surface area contributed by atoms with Crippen molar-refractivity contribution in [1.82, 2.24) is 9.55 Å². The molecule has 0 aliphatic carbocycles. The highest BCUT2D eigenvalue weighted by molar-refractivity contribution is 7.07. The van der Waals surface area contributed by atoms with E-state index in [1.54, 1.807) is 37.7 Å². The molecule has 1 N–H and O–H groups in total. The number of aromatic nitrogens is 2. The fourth-order valence-electron chi connectivity index (χ4n) is 4.93. The quantitative estimate of drug-likeness (QED) is 0.348. The number of para-hydroxylation sites is 1. The van der Waals surface area contributed by atoms with E-state index < -0.39 is 12.0 Å². The summed E-state index contributed by atoms with van der Waals surface area (Å²) in [5, 5.41) is 1.03. The van der Waals surface area contributed by atoms with Gasteiger partial charge in [0, 0.05) is 22.2 Å². The van der Waals surface area contributed by atoms with E-state index >= 15 is 0 Å². The fraction of sp³-hybridized carbons (Fsp3) is 0.300. The maximum atomic E-state index is 14.0. The van der Waals surface area contributed by atoms with Crippen molar-refractivity contribution in [3.05, 3.63) is 90.2 Å². The fourth-order valence-corrected chi connectivity index (χ4v) is 5.96. The lowest BCUT2D eigenvalue weighted by molar-refractivity contribution is -0.139. The van der Waals surface area contributed by atoms with E-state index in [0.29, 0.717) is 37.7 Å². The number of rotatable bonds is 7. The number of ether oxygens (including phenoxy) is 3. The van der Waals surface area contributed by atoms with Gasteiger partial charge in [0.25, 0.3) is 5.56 Å². The molecule has 202 valence electrons. The lowest BCUT2D eigenvalue weighted by Gasteiger charge is -2.25. The van der Waals surface area contributed by atoms with Gasteiger partial charge in [0.15, 0.2) is 16.3 Å². The van der Waals surface area contributed by atoms with Crippen LogP contribution in [-0.4, -0.2) is 35.3 Å². The highest BCUT2D eigenvalue weighted by atomic mass is 32.1. The predicted molar refractivity (Wildman–Crippen MR) is 152 cm³/mol. The number of methoxy groups -OCH3 is 1. The molecule has 2 aromatic carbocycles. The zero-order valence-electron chi connectivity index (χ0n) is 22.8. The lowest BCUT2D eigenvalue weighted by atomic mass is 9.95. The number of H-pyrrole nitrogens is 1. The molecule has 9 heteroatoms. The third-order valence-electron chi connectivity index (χ3n) is 6.60. The molecular formula is C30H31N3O5S. The summed E-state index contributed by atoms with van der Waals surface area (Å²) in [4.78, 5) is 35.8. The standard InChI is InChI=1S/C30H31N3O5S/c1-7-37-29(35)26-18(5)32-30-33(27(26)19-12-13-23(38-16(2)3)24(14-19)36-6)28(34)25(39-30)15-21-17(4)31-22-11-9-8-10-20(21)22/h8-16,27,31H,7H2,1-6H3. The molecule has 2 aromatic heterocycles. The predicted octanol–water partition coefficient (Wildman–Crippen LogP) is 4.38. The van der Waals surface area contributed by atoms with E-state index in [-0.39, 0.29) is 18.3 Å². The number of benzene rings is 2. The minimum Gasteiger partial charge on any atom is -0.493 e. The van der Waals surface area contributed by atoms with Crippen molar-refractivity contribution in [2.45, 2.75) is 46.8 Å². The molecule has 0 saturated heterocycles. The van der Waals surface area contributed by atoms with Gasteiger partial charge in [0.2, 0.25) is 0 Å². The number of fused-ring (bicyclic) bond motifs is 2. The Bertz CT molecular complexity index is 1790. The van der Waals surface area contributed by atoms with E-state index in [9.17, 15) is 9.59 Å². The van der Waals surface area contributed by atoms with Gasteiger partial charge in [-0.25, -0.2) is 9.79 Å². The van der Waals surface area contributed by atoms with Crippen LogP contribution in [0.3, 0.4) is 0 Å². The monoisotopic (exact) mass is 545 g/mol. The van der Waals surface area contributed by atoms with Crippen LogP contribution in [0, 0.1) is 6.92 Å². The molecule has 1 aliphatic rings. The Morgan fingerprint density at radius 2 is 1.95 bits per heavy atom. The summed E-state index contributed by atoms with van der Waals surface area (Å²) in [6.07, 6.45) is 1.85. The molecule has 39 heavy (non-hydrogen) atoms. The summed E-state index contributed by atoms with van der Waals surface area (Å²) < 4.78 is 19.0. The maximum absolute atomic E-state index is 14.0. The highest BCUT2D eigenvalue weighted by Crippen LogP contribution is 2.36. The Balaban J connectivity index is 1.74. The first-order chi connectivity index (χ1) is 18.7. The Morgan fingerprint density at radius 1 is 1.18 bits per heavy atom. The van der Waals surface area contributed by atoms with Gasteiger partial charge < -0.3 is 19.2 Å². The first-order valence-electron chi connectivity index (χ1n) is 12.8. The second-order valence-corrected chi connectivity index (χ2v) is 10.6. The van der Waals surface area contributed by atoms with E-state index in [1.165, 1.54) is 11.3 Å². The summed E-state index contributed by atoms with van der Waals surface area (Å²) in [5.41, 5.74) is 4.20. The smallest absolute Gasteiger partial charge is 0.338 e. The number of aryl methyl sites for hydroxylation is 1. The molecule has 0 fully saturated rings. The van der Waals surface area contributed by atoms with Crippen LogP contribution in [0.1, 0.15) is 50.6 Å². The largest absolute Gasteiger partial charge is 0.493 e. The van der Waals surface area contributed by atoms with Crippen molar-refractivity contribution in [3.8, 4) is 11.5 Å². The van der Waals surface area contributed by atoms with Gasteiger partial charge in [-0.2, -0.15) is 0 Å². The van der Waals surface area contributed by atoms with E-state index in [4.69, 9.17) is 14.2 Å². The van der Waals surface area contributed by atoms with E-state index in [1.807, 2.05) is 57.2 Å². The molecule has 1 aliphatic heterocycles. The summed E-state index contributed by atoms with van der Waals surface area (Å²) in [6.45, 7) is 9.59. The topological polar surface area (TPSA) is 94.9 Å². The highest BCUT2D eigenvalue weighted by Gasteiger charge is 2.34. The normalized spacial score (nSPS) is 15.5. The number of esters is 1. The van der Waals surface area contributed by atoms with Crippen LogP contribution in [0.5, 0.6) is 11.5 Å². The summed E-state index contributed by atoms with van der Waals surface area (Å²) in [6, 6.07) is 12.7. The Morgan fingerprint density at radius 3 is 2.67 bits per heavy atom. The zero-order valence-corrected chi connectivity index (χ0v) is 23.6. The van der Waals surface area contributed by atoms with Crippen molar-refractivity contribution >= 4 is 34.3 Å². The number of nitrogens with one attached hydrogen (secondary N) is 1. The van der Waals surface area contributed by atoms with Crippen molar-refractivity contribution in [2.75, 3.05) is 13.7 Å². The molecule has 5 rings (SSSR count). The number of thiazole rings is 1. The molecule has 8 nitrogen and oxygen atoms in total.